The van der Waals surface area contributed by atoms with Crippen molar-refractivity contribution in [2.45, 2.75) is 44.3 Å². The third-order valence-corrected chi connectivity index (χ3v) is 7.31. The number of Topliss-reactive ketones (excluding diaryl/α,β-unsaturated/α-hetero) is 1. The fourth-order valence-corrected chi connectivity index (χ4v) is 4.57. The summed E-state index contributed by atoms with van der Waals surface area (Å²) in [6, 6.07) is 22.7. The molecule has 0 aliphatic heterocycles. The Hall–Kier alpha value is -4.99. The molecular formula is C32H34N4O6. The van der Waals surface area contributed by atoms with Gasteiger partial charge in [-0.25, -0.2) is 0 Å². The highest BCUT2D eigenvalue weighted by atomic mass is 16.5. The first kappa shape index (κ1) is 30.0. The van der Waals surface area contributed by atoms with Gasteiger partial charge < -0.3 is 26.4 Å². The number of ether oxygens (including phenoxy) is 1. The first-order valence-electron chi connectivity index (χ1n) is 13.7. The smallest absolute Gasteiger partial charge is 0.289 e. The van der Waals surface area contributed by atoms with Crippen LogP contribution in [0.25, 0.3) is 0 Å². The summed E-state index contributed by atoms with van der Waals surface area (Å²) in [5.41, 5.74) is 6.37. The van der Waals surface area contributed by atoms with Crippen LogP contribution in [0.5, 0.6) is 5.75 Å². The number of nitrogens with two attached hydrogens (primary N) is 1. The number of carbonyl (C=O) groups is 5. The van der Waals surface area contributed by atoms with E-state index in [2.05, 4.69) is 16.0 Å². The summed E-state index contributed by atoms with van der Waals surface area (Å²) >= 11 is 0. The average Bonchev–Trinajstić information content (AvgIpc) is 3.83. The molecule has 3 aromatic rings. The van der Waals surface area contributed by atoms with Crippen molar-refractivity contribution in [1.82, 2.24) is 16.0 Å². The third-order valence-electron chi connectivity index (χ3n) is 7.31. The molecule has 1 fully saturated rings. The molecule has 2 atom stereocenters. The van der Waals surface area contributed by atoms with Crippen molar-refractivity contribution in [3.63, 3.8) is 0 Å². The SMILES string of the molecule is COc1ccc(C[C@H](NC(=O)C2(C(N)=O)CC2)C(=O)N[C@@H](Cc2ccccc2)C(=O)C(=O)NCc2ccccc2)cc1. The van der Waals surface area contributed by atoms with Crippen molar-refractivity contribution in [3.8, 4) is 5.75 Å². The highest BCUT2D eigenvalue weighted by Crippen LogP contribution is 2.45. The van der Waals surface area contributed by atoms with Crippen LogP contribution >= 0.6 is 0 Å². The van der Waals surface area contributed by atoms with Crippen molar-refractivity contribution in [2.24, 2.45) is 11.1 Å². The van der Waals surface area contributed by atoms with Crippen LogP contribution in [0, 0.1) is 5.41 Å². The van der Waals surface area contributed by atoms with E-state index in [0.29, 0.717) is 24.2 Å². The van der Waals surface area contributed by atoms with Gasteiger partial charge in [-0.15, -0.1) is 0 Å². The Labute approximate surface area is 244 Å². The van der Waals surface area contributed by atoms with Gasteiger partial charge in [0.15, 0.2) is 0 Å². The zero-order valence-electron chi connectivity index (χ0n) is 23.3. The summed E-state index contributed by atoms with van der Waals surface area (Å²) in [5.74, 6) is -3.13. The van der Waals surface area contributed by atoms with Crippen LogP contribution < -0.4 is 26.4 Å². The molecular weight excluding hydrogens is 536 g/mol. The lowest BCUT2D eigenvalue weighted by Gasteiger charge is -2.24. The first-order chi connectivity index (χ1) is 20.2. The lowest BCUT2D eigenvalue weighted by atomic mass is 9.99. The Morgan fingerprint density at radius 3 is 1.86 bits per heavy atom. The van der Waals surface area contributed by atoms with Gasteiger partial charge in [0.25, 0.3) is 5.91 Å². The Morgan fingerprint density at radius 2 is 1.31 bits per heavy atom. The lowest BCUT2D eigenvalue weighted by molar-refractivity contribution is -0.141. The van der Waals surface area contributed by atoms with Crippen LogP contribution in [0.1, 0.15) is 29.5 Å². The number of ketones is 1. The zero-order chi connectivity index (χ0) is 30.1. The largest absolute Gasteiger partial charge is 0.497 e. The maximum atomic E-state index is 13.7. The number of amides is 4. The van der Waals surface area contributed by atoms with Crippen LogP contribution in [0.2, 0.25) is 0 Å². The van der Waals surface area contributed by atoms with Crippen molar-refractivity contribution in [2.75, 3.05) is 7.11 Å². The van der Waals surface area contributed by atoms with Gasteiger partial charge in [0.05, 0.1) is 7.11 Å². The number of methoxy groups -OCH3 is 1. The monoisotopic (exact) mass is 570 g/mol. The predicted octanol–water partition coefficient (Wildman–Crippen LogP) is 1.60. The molecule has 1 aliphatic carbocycles. The van der Waals surface area contributed by atoms with E-state index in [0.717, 1.165) is 11.1 Å². The van der Waals surface area contributed by atoms with Gasteiger partial charge >= 0.3 is 0 Å². The van der Waals surface area contributed by atoms with E-state index in [4.69, 9.17) is 10.5 Å². The lowest BCUT2D eigenvalue weighted by Crippen LogP contribution is -2.56. The summed E-state index contributed by atoms with van der Waals surface area (Å²) in [6.45, 7) is 0.142. The minimum Gasteiger partial charge on any atom is -0.497 e. The van der Waals surface area contributed by atoms with Gasteiger partial charge in [-0.3, -0.25) is 24.0 Å². The van der Waals surface area contributed by atoms with Crippen molar-refractivity contribution in [3.05, 3.63) is 102 Å². The Balaban J connectivity index is 1.54. The van der Waals surface area contributed by atoms with E-state index in [1.165, 1.54) is 7.11 Å². The minimum absolute atomic E-state index is 0.0542. The Kier molecular flexibility index (Phi) is 9.69. The number of primary amides is 1. The maximum absolute atomic E-state index is 13.7. The minimum atomic E-state index is -1.35. The molecule has 10 nitrogen and oxygen atoms in total. The molecule has 10 heteroatoms. The molecule has 0 heterocycles. The molecule has 4 amide bonds. The second kappa shape index (κ2) is 13.6. The molecule has 0 saturated heterocycles. The van der Waals surface area contributed by atoms with Gasteiger partial charge in [-0.05, 0) is 41.7 Å². The number of carbonyl (C=O) groups excluding carboxylic acids is 5. The van der Waals surface area contributed by atoms with Crippen LogP contribution in [0.15, 0.2) is 84.9 Å². The van der Waals surface area contributed by atoms with Gasteiger partial charge in [0.1, 0.15) is 23.2 Å². The Morgan fingerprint density at radius 1 is 0.762 bits per heavy atom. The molecule has 42 heavy (non-hydrogen) atoms. The van der Waals surface area contributed by atoms with Crippen LogP contribution in [-0.2, 0) is 43.4 Å². The second-order valence-corrected chi connectivity index (χ2v) is 10.3. The van der Waals surface area contributed by atoms with Gasteiger partial charge in [-0.2, -0.15) is 0 Å². The number of hydrogen-bond donors (Lipinski definition) is 4. The van der Waals surface area contributed by atoms with Crippen LogP contribution in [0.3, 0.4) is 0 Å². The fraction of sp³-hybridized carbons (Fsp3) is 0.281. The van der Waals surface area contributed by atoms with Crippen LogP contribution in [-0.4, -0.2) is 48.6 Å². The standard InChI is InChI=1S/C32H34N4O6/c1-42-24-14-12-22(13-15-24)19-26(36-31(41)32(16-17-32)30(33)40)28(38)35-25(18-21-8-4-2-5-9-21)27(37)29(39)34-20-23-10-6-3-7-11-23/h2-15,25-26H,16-20H2,1H3,(H2,33,40)(H,34,39)(H,35,38)(H,36,41)/t25-,26-/m0/s1. The Bertz CT molecular complexity index is 1420. The van der Waals surface area contributed by atoms with E-state index in [-0.39, 0.29) is 19.4 Å². The van der Waals surface area contributed by atoms with E-state index in [1.54, 1.807) is 48.5 Å². The third kappa shape index (κ3) is 7.60. The van der Waals surface area contributed by atoms with Gasteiger partial charge in [0.2, 0.25) is 23.5 Å². The van der Waals surface area contributed by atoms with Gasteiger partial charge in [-0.1, -0.05) is 72.8 Å². The number of hydrogen-bond acceptors (Lipinski definition) is 6. The van der Waals surface area contributed by atoms with Crippen molar-refractivity contribution >= 4 is 29.4 Å². The number of rotatable bonds is 14. The number of nitrogens with one attached hydrogen (secondary N) is 3. The van der Waals surface area contributed by atoms with E-state index in [9.17, 15) is 24.0 Å². The summed E-state index contributed by atoms with van der Waals surface area (Å²) in [6.07, 6.45) is 0.699. The highest BCUT2D eigenvalue weighted by molar-refractivity contribution is 6.38. The second-order valence-electron chi connectivity index (χ2n) is 10.3. The molecule has 1 saturated carbocycles. The summed E-state index contributed by atoms with van der Waals surface area (Å²) in [7, 11) is 1.53. The zero-order valence-corrected chi connectivity index (χ0v) is 23.3. The molecule has 3 aromatic carbocycles. The molecule has 0 bridgehead atoms. The molecule has 0 spiro atoms. The average molecular weight is 571 g/mol. The van der Waals surface area contributed by atoms with Crippen molar-refractivity contribution in [1.29, 1.82) is 0 Å². The molecule has 0 unspecified atom stereocenters. The number of benzene rings is 3. The van der Waals surface area contributed by atoms with Gasteiger partial charge in [0, 0.05) is 19.4 Å². The summed E-state index contributed by atoms with van der Waals surface area (Å²) in [5, 5.41) is 7.97. The first-order valence-corrected chi connectivity index (χ1v) is 13.7. The normalized spacial score (nSPS) is 14.5. The van der Waals surface area contributed by atoms with Crippen molar-refractivity contribution < 1.29 is 28.7 Å². The topological polar surface area (TPSA) is 157 Å². The summed E-state index contributed by atoms with van der Waals surface area (Å²) in [4.78, 5) is 65.0. The van der Waals surface area contributed by atoms with Crippen LogP contribution in [0.4, 0.5) is 0 Å². The predicted molar refractivity (Wildman–Crippen MR) is 155 cm³/mol. The molecule has 0 aromatic heterocycles. The molecule has 4 rings (SSSR count). The molecule has 5 N–H and O–H groups in total. The maximum Gasteiger partial charge on any atom is 0.289 e. The quantitative estimate of drug-likeness (QED) is 0.170. The highest BCUT2D eigenvalue weighted by Gasteiger charge is 2.56. The molecule has 1 aliphatic rings. The molecule has 0 radical (unpaired) electrons. The van der Waals surface area contributed by atoms with E-state index in [1.807, 2.05) is 36.4 Å². The van der Waals surface area contributed by atoms with E-state index >= 15 is 0 Å². The summed E-state index contributed by atoms with van der Waals surface area (Å²) < 4.78 is 5.20. The molecule has 218 valence electrons. The van der Waals surface area contributed by atoms with E-state index < -0.39 is 46.9 Å². The fourth-order valence-electron chi connectivity index (χ4n) is 4.57.